The minimum Gasteiger partial charge on any atom is -0.454 e. The van der Waals surface area contributed by atoms with Crippen LogP contribution in [0.25, 0.3) is 11.0 Å². The molecule has 3 aromatic rings. The minimum atomic E-state index is -0.277. The van der Waals surface area contributed by atoms with Crippen molar-refractivity contribution in [1.29, 1.82) is 0 Å². The summed E-state index contributed by atoms with van der Waals surface area (Å²) in [5.41, 5.74) is 2.39. The Labute approximate surface area is 145 Å². The monoisotopic (exact) mass is 341 g/mol. The molecule has 6 heteroatoms. The van der Waals surface area contributed by atoms with Crippen LogP contribution in [0.2, 0.25) is 0 Å². The lowest BCUT2D eigenvalue weighted by molar-refractivity contribution is 0.174. The predicted octanol–water partition coefficient (Wildman–Crippen LogP) is 3.33. The van der Waals surface area contributed by atoms with Crippen LogP contribution in [0, 0.1) is 5.82 Å². The number of rotatable bonds is 5. The van der Waals surface area contributed by atoms with Gasteiger partial charge in [-0.1, -0.05) is 12.1 Å². The number of aromatic nitrogens is 2. The zero-order valence-electron chi connectivity index (χ0n) is 14.3. The first-order chi connectivity index (χ1) is 12.1. The molecule has 0 aliphatic carbocycles. The SMILES string of the molecule is CC(NCCc1nc2c(F)cccc2n1C)c1ccc2c(c1)OCO2. The summed E-state index contributed by atoms with van der Waals surface area (Å²) < 4.78 is 26.6. The number of halogens is 1. The molecule has 1 atom stereocenters. The van der Waals surface area contributed by atoms with E-state index < -0.39 is 0 Å². The van der Waals surface area contributed by atoms with Gasteiger partial charge in [-0.15, -0.1) is 0 Å². The molecule has 1 aliphatic rings. The second-order valence-corrected chi connectivity index (χ2v) is 6.23. The number of ether oxygens (including phenoxy) is 2. The number of imidazole rings is 1. The fourth-order valence-corrected chi connectivity index (χ4v) is 3.15. The van der Waals surface area contributed by atoms with Crippen molar-refractivity contribution < 1.29 is 13.9 Å². The Morgan fingerprint density at radius 2 is 2.08 bits per heavy atom. The van der Waals surface area contributed by atoms with Crippen molar-refractivity contribution in [1.82, 2.24) is 14.9 Å². The summed E-state index contributed by atoms with van der Waals surface area (Å²) in [6.45, 7) is 3.13. The number of hydrogen-bond donors (Lipinski definition) is 1. The number of nitrogens with one attached hydrogen (secondary N) is 1. The molecule has 0 saturated heterocycles. The highest BCUT2D eigenvalue weighted by Gasteiger charge is 2.16. The van der Waals surface area contributed by atoms with Gasteiger partial charge in [0, 0.05) is 26.1 Å². The average molecular weight is 341 g/mol. The molecule has 0 spiro atoms. The largest absolute Gasteiger partial charge is 0.454 e. The number of fused-ring (bicyclic) bond motifs is 2. The predicted molar refractivity (Wildman–Crippen MR) is 93.4 cm³/mol. The van der Waals surface area contributed by atoms with Crippen LogP contribution in [-0.2, 0) is 13.5 Å². The number of benzene rings is 2. The fraction of sp³-hybridized carbons (Fsp3) is 0.316. The van der Waals surface area contributed by atoms with Crippen molar-refractivity contribution in [2.75, 3.05) is 13.3 Å². The normalized spacial score (nSPS) is 14.2. The van der Waals surface area contributed by atoms with Crippen molar-refractivity contribution in [3.63, 3.8) is 0 Å². The van der Waals surface area contributed by atoms with Gasteiger partial charge < -0.3 is 19.4 Å². The first kappa shape index (κ1) is 15.9. The van der Waals surface area contributed by atoms with Crippen LogP contribution in [0.3, 0.4) is 0 Å². The lowest BCUT2D eigenvalue weighted by Crippen LogP contribution is -2.22. The van der Waals surface area contributed by atoms with E-state index in [1.54, 1.807) is 6.07 Å². The first-order valence-corrected chi connectivity index (χ1v) is 8.36. The van der Waals surface area contributed by atoms with Gasteiger partial charge in [0.25, 0.3) is 0 Å². The maximum absolute atomic E-state index is 13.8. The Kier molecular flexibility index (Phi) is 4.05. The zero-order valence-corrected chi connectivity index (χ0v) is 14.3. The van der Waals surface area contributed by atoms with Crippen LogP contribution >= 0.6 is 0 Å². The van der Waals surface area contributed by atoms with Crippen molar-refractivity contribution in [2.24, 2.45) is 7.05 Å². The van der Waals surface area contributed by atoms with E-state index >= 15 is 0 Å². The van der Waals surface area contributed by atoms with Crippen LogP contribution in [0.15, 0.2) is 36.4 Å². The molecule has 2 heterocycles. The highest BCUT2D eigenvalue weighted by atomic mass is 19.1. The topological polar surface area (TPSA) is 48.3 Å². The van der Waals surface area contributed by atoms with E-state index in [-0.39, 0.29) is 18.7 Å². The Morgan fingerprint density at radius 1 is 1.24 bits per heavy atom. The van der Waals surface area contributed by atoms with Gasteiger partial charge in [0.05, 0.1) is 5.52 Å². The van der Waals surface area contributed by atoms with Gasteiger partial charge in [-0.25, -0.2) is 9.37 Å². The number of hydrogen-bond acceptors (Lipinski definition) is 4. The van der Waals surface area contributed by atoms with Gasteiger partial charge in [0.15, 0.2) is 17.3 Å². The number of aryl methyl sites for hydroxylation is 1. The molecule has 1 unspecified atom stereocenters. The standard InChI is InChI=1S/C19H20FN3O2/c1-12(13-6-7-16-17(10-13)25-11-24-16)21-9-8-18-22-19-14(20)4-3-5-15(19)23(18)2/h3-7,10,12,21H,8-9,11H2,1-2H3. The molecule has 0 fully saturated rings. The van der Waals surface area contributed by atoms with Gasteiger partial charge in [0.2, 0.25) is 6.79 Å². The molecule has 1 aliphatic heterocycles. The molecule has 0 saturated carbocycles. The van der Waals surface area contributed by atoms with Crippen molar-refractivity contribution in [3.05, 3.63) is 53.6 Å². The average Bonchev–Trinajstić information content (AvgIpc) is 3.20. The van der Waals surface area contributed by atoms with Gasteiger partial charge in [-0.05, 0) is 36.8 Å². The summed E-state index contributed by atoms with van der Waals surface area (Å²) in [5.74, 6) is 2.17. The van der Waals surface area contributed by atoms with Crippen LogP contribution in [0.5, 0.6) is 11.5 Å². The summed E-state index contributed by atoms with van der Waals surface area (Å²) in [6, 6.07) is 11.2. The van der Waals surface area contributed by atoms with E-state index in [1.165, 1.54) is 6.07 Å². The summed E-state index contributed by atoms with van der Waals surface area (Å²) in [5, 5.41) is 3.48. The van der Waals surface area contributed by atoms with Crippen molar-refractivity contribution >= 4 is 11.0 Å². The summed E-state index contributed by atoms with van der Waals surface area (Å²) in [6.07, 6.45) is 0.722. The van der Waals surface area contributed by atoms with Crippen molar-refractivity contribution in [2.45, 2.75) is 19.4 Å². The Balaban J connectivity index is 1.42. The van der Waals surface area contributed by atoms with Gasteiger partial charge in [0.1, 0.15) is 11.3 Å². The molecule has 25 heavy (non-hydrogen) atoms. The third kappa shape index (κ3) is 2.93. The Hall–Kier alpha value is -2.60. The summed E-state index contributed by atoms with van der Waals surface area (Å²) in [7, 11) is 1.92. The van der Waals surface area contributed by atoms with Gasteiger partial charge in [-0.3, -0.25) is 0 Å². The Bertz CT molecular complexity index is 922. The number of nitrogens with zero attached hydrogens (tertiary/aromatic N) is 2. The molecule has 5 nitrogen and oxygen atoms in total. The first-order valence-electron chi connectivity index (χ1n) is 8.36. The third-order valence-electron chi connectivity index (χ3n) is 4.65. The molecule has 1 aromatic heterocycles. The van der Waals surface area contributed by atoms with E-state index in [4.69, 9.17) is 9.47 Å². The van der Waals surface area contributed by atoms with Gasteiger partial charge in [-0.2, -0.15) is 0 Å². The van der Waals surface area contributed by atoms with E-state index in [0.29, 0.717) is 5.52 Å². The maximum Gasteiger partial charge on any atom is 0.231 e. The lowest BCUT2D eigenvalue weighted by atomic mass is 10.1. The molecule has 2 aromatic carbocycles. The van der Waals surface area contributed by atoms with Crippen LogP contribution in [0.1, 0.15) is 24.4 Å². The zero-order chi connectivity index (χ0) is 17.4. The van der Waals surface area contributed by atoms with E-state index in [2.05, 4.69) is 17.2 Å². The quantitative estimate of drug-likeness (QED) is 0.773. The molecule has 0 radical (unpaired) electrons. The smallest absolute Gasteiger partial charge is 0.231 e. The number of para-hydroxylation sites is 1. The molecule has 1 N–H and O–H groups in total. The van der Waals surface area contributed by atoms with Crippen LogP contribution in [-0.4, -0.2) is 22.9 Å². The molecular formula is C19H20FN3O2. The summed E-state index contributed by atoms with van der Waals surface area (Å²) in [4.78, 5) is 4.44. The van der Waals surface area contributed by atoms with E-state index in [1.807, 2.05) is 35.9 Å². The molecular weight excluding hydrogens is 321 g/mol. The van der Waals surface area contributed by atoms with E-state index in [9.17, 15) is 4.39 Å². The van der Waals surface area contributed by atoms with Crippen LogP contribution < -0.4 is 14.8 Å². The van der Waals surface area contributed by atoms with Crippen LogP contribution in [0.4, 0.5) is 4.39 Å². The molecule has 0 bridgehead atoms. The summed E-state index contributed by atoms with van der Waals surface area (Å²) >= 11 is 0. The second-order valence-electron chi connectivity index (χ2n) is 6.23. The molecule has 4 rings (SSSR count). The Morgan fingerprint density at radius 3 is 2.92 bits per heavy atom. The third-order valence-corrected chi connectivity index (χ3v) is 4.65. The van der Waals surface area contributed by atoms with Gasteiger partial charge >= 0.3 is 0 Å². The lowest BCUT2D eigenvalue weighted by Gasteiger charge is -2.14. The highest BCUT2D eigenvalue weighted by molar-refractivity contribution is 5.76. The second kappa shape index (κ2) is 6.37. The fourth-order valence-electron chi connectivity index (χ4n) is 3.15. The highest BCUT2D eigenvalue weighted by Crippen LogP contribution is 2.34. The maximum atomic E-state index is 13.8. The molecule has 130 valence electrons. The minimum absolute atomic E-state index is 0.168. The van der Waals surface area contributed by atoms with Crippen molar-refractivity contribution in [3.8, 4) is 11.5 Å². The van der Waals surface area contributed by atoms with E-state index in [0.717, 1.165) is 41.4 Å². The molecule has 0 amide bonds.